The van der Waals surface area contributed by atoms with Gasteiger partial charge in [0, 0.05) is 24.2 Å². The normalized spacial score (nSPS) is 12.0. The third kappa shape index (κ3) is 2.54. The number of fused-ring (bicyclic) bond motifs is 1. The third-order valence-corrected chi connectivity index (χ3v) is 4.10. The van der Waals surface area contributed by atoms with Crippen molar-refractivity contribution >= 4 is 5.65 Å². The van der Waals surface area contributed by atoms with Gasteiger partial charge < -0.3 is 0 Å². The summed E-state index contributed by atoms with van der Waals surface area (Å²) in [4.78, 5) is 8.50. The highest BCUT2D eigenvalue weighted by atomic mass is 19.4. The summed E-state index contributed by atoms with van der Waals surface area (Å²) in [6.07, 6.45) is -1.34. The van der Waals surface area contributed by atoms with Crippen LogP contribution in [0.2, 0.25) is 0 Å². The van der Waals surface area contributed by atoms with Crippen molar-refractivity contribution in [1.82, 2.24) is 24.1 Å². The quantitative estimate of drug-likeness (QED) is 0.540. The van der Waals surface area contributed by atoms with Crippen LogP contribution in [0, 0.1) is 13.8 Å². The summed E-state index contributed by atoms with van der Waals surface area (Å²) in [6, 6.07) is 10.1. The molecule has 0 N–H and O–H groups in total. The van der Waals surface area contributed by atoms with Crippen molar-refractivity contribution < 1.29 is 13.2 Å². The zero-order valence-electron chi connectivity index (χ0n) is 14.0. The summed E-state index contributed by atoms with van der Waals surface area (Å²) in [5.41, 5.74) is 0.181. The number of hydrogen-bond donors (Lipinski definition) is 0. The maximum Gasteiger partial charge on any atom is 0.435 e. The molecule has 0 saturated heterocycles. The Kier molecular flexibility index (Phi) is 3.57. The van der Waals surface area contributed by atoms with Gasteiger partial charge in [-0.25, -0.2) is 9.97 Å². The third-order valence-electron chi connectivity index (χ3n) is 4.10. The van der Waals surface area contributed by atoms with Crippen LogP contribution in [-0.2, 0) is 6.18 Å². The van der Waals surface area contributed by atoms with Crippen LogP contribution in [-0.4, -0.2) is 24.1 Å². The van der Waals surface area contributed by atoms with E-state index in [9.17, 15) is 13.2 Å². The van der Waals surface area contributed by atoms with E-state index in [1.807, 2.05) is 0 Å². The van der Waals surface area contributed by atoms with Crippen molar-refractivity contribution in [3.05, 3.63) is 66.0 Å². The molecule has 0 fully saturated rings. The summed E-state index contributed by atoms with van der Waals surface area (Å²) in [5, 5.41) is 3.88. The van der Waals surface area contributed by atoms with Crippen LogP contribution in [0.5, 0.6) is 0 Å². The maximum absolute atomic E-state index is 13.7. The summed E-state index contributed by atoms with van der Waals surface area (Å²) in [7, 11) is 0. The molecular weight excluding hydrogens is 343 g/mol. The molecule has 0 radical (unpaired) electrons. The fourth-order valence-corrected chi connectivity index (χ4v) is 2.98. The number of hydrogen-bond acceptors (Lipinski definition) is 3. The molecule has 0 atom stereocenters. The molecule has 132 valence electrons. The molecule has 0 spiro atoms. The van der Waals surface area contributed by atoms with Gasteiger partial charge in [-0.15, -0.1) is 0 Å². The number of aromatic nitrogens is 5. The Morgan fingerprint density at radius 1 is 1.04 bits per heavy atom. The lowest BCUT2D eigenvalue weighted by molar-refractivity contribution is -0.140. The van der Waals surface area contributed by atoms with Gasteiger partial charge >= 0.3 is 6.18 Å². The van der Waals surface area contributed by atoms with Gasteiger partial charge in [0.05, 0.1) is 5.56 Å². The lowest BCUT2D eigenvalue weighted by atomic mass is 10.1. The van der Waals surface area contributed by atoms with E-state index in [0.29, 0.717) is 22.9 Å². The molecule has 0 bridgehead atoms. The average molecular weight is 357 g/mol. The molecule has 4 rings (SSSR count). The zero-order valence-corrected chi connectivity index (χ0v) is 14.0. The number of alkyl halides is 3. The molecule has 0 amide bonds. The minimum Gasteiger partial charge on any atom is -0.288 e. The Morgan fingerprint density at radius 2 is 1.77 bits per heavy atom. The highest BCUT2D eigenvalue weighted by Crippen LogP contribution is 2.39. The Bertz CT molecular complexity index is 1090. The molecule has 0 aliphatic rings. The van der Waals surface area contributed by atoms with Crippen molar-refractivity contribution in [1.29, 1.82) is 0 Å². The minimum absolute atomic E-state index is 0.0270. The van der Waals surface area contributed by atoms with Gasteiger partial charge in [0.15, 0.2) is 11.3 Å². The minimum atomic E-state index is -4.60. The van der Waals surface area contributed by atoms with Crippen LogP contribution < -0.4 is 0 Å². The molecule has 0 unspecified atom stereocenters. The largest absolute Gasteiger partial charge is 0.435 e. The molecule has 4 aromatic rings. The van der Waals surface area contributed by atoms with Crippen LogP contribution in [0.1, 0.15) is 17.2 Å². The molecule has 0 aliphatic heterocycles. The fraction of sp³-hybridized carbons (Fsp3) is 0.167. The van der Waals surface area contributed by atoms with Crippen molar-refractivity contribution in [2.24, 2.45) is 0 Å². The predicted octanol–water partition coefficient (Wildman–Crippen LogP) is 4.22. The summed E-state index contributed by atoms with van der Waals surface area (Å²) in [5.74, 6) is 1.09. The lowest BCUT2D eigenvalue weighted by Gasteiger charge is -2.09. The van der Waals surface area contributed by atoms with Gasteiger partial charge in [-0.3, -0.25) is 4.57 Å². The topological polar surface area (TPSA) is 48.0 Å². The molecule has 26 heavy (non-hydrogen) atoms. The smallest absolute Gasteiger partial charge is 0.288 e. The van der Waals surface area contributed by atoms with Crippen LogP contribution in [0.25, 0.3) is 22.6 Å². The Hall–Kier alpha value is -3.16. The lowest BCUT2D eigenvalue weighted by Crippen LogP contribution is -2.09. The van der Waals surface area contributed by atoms with E-state index in [-0.39, 0.29) is 11.2 Å². The molecule has 8 heteroatoms. The first-order valence-electron chi connectivity index (χ1n) is 7.89. The van der Waals surface area contributed by atoms with Gasteiger partial charge in [0.1, 0.15) is 11.6 Å². The van der Waals surface area contributed by atoms with E-state index >= 15 is 0 Å². The van der Waals surface area contributed by atoms with Crippen LogP contribution in [0.3, 0.4) is 0 Å². The van der Waals surface area contributed by atoms with Crippen molar-refractivity contribution in [3.63, 3.8) is 0 Å². The first kappa shape index (κ1) is 16.3. The van der Waals surface area contributed by atoms with Gasteiger partial charge in [0.2, 0.25) is 0 Å². The van der Waals surface area contributed by atoms with Crippen molar-refractivity contribution in [2.45, 2.75) is 20.0 Å². The van der Waals surface area contributed by atoms with E-state index in [2.05, 4.69) is 15.1 Å². The van der Waals surface area contributed by atoms with Crippen LogP contribution in [0.15, 0.2) is 48.8 Å². The van der Waals surface area contributed by atoms with Crippen LogP contribution >= 0.6 is 0 Å². The van der Waals surface area contributed by atoms with E-state index in [4.69, 9.17) is 0 Å². The van der Waals surface area contributed by atoms with Gasteiger partial charge in [-0.05, 0) is 19.4 Å². The summed E-state index contributed by atoms with van der Waals surface area (Å²) in [6.45, 7) is 3.51. The van der Waals surface area contributed by atoms with E-state index in [1.165, 1.54) is 4.52 Å². The Morgan fingerprint density at radius 3 is 2.38 bits per heavy atom. The summed E-state index contributed by atoms with van der Waals surface area (Å²) >= 11 is 0. The van der Waals surface area contributed by atoms with Gasteiger partial charge in [0.25, 0.3) is 0 Å². The average Bonchev–Trinajstić information content (AvgIpc) is 3.18. The number of benzene rings is 1. The second-order valence-corrected chi connectivity index (χ2v) is 5.92. The number of imidazole rings is 1. The van der Waals surface area contributed by atoms with Crippen LogP contribution in [0.4, 0.5) is 13.2 Å². The number of halogens is 3. The van der Waals surface area contributed by atoms with E-state index in [0.717, 1.165) is 0 Å². The summed E-state index contributed by atoms with van der Waals surface area (Å²) < 4.78 is 44.0. The SMILES string of the molecule is Cc1cc(-n2ccnc2C)n2nc(C(F)(F)F)c(-c3ccccc3)c2n1. The first-order chi connectivity index (χ1) is 12.4. The molecule has 0 saturated carbocycles. The monoisotopic (exact) mass is 357 g/mol. The Labute approximate surface area is 146 Å². The first-order valence-corrected chi connectivity index (χ1v) is 7.89. The number of aryl methyl sites for hydroxylation is 2. The fourth-order valence-electron chi connectivity index (χ4n) is 2.98. The molecule has 3 aromatic heterocycles. The second-order valence-electron chi connectivity index (χ2n) is 5.92. The number of rotatable bonds is 2. The van der Waals surface area contributed by atoms with Crippen molar-refractivity contribution in [2.75, 3.05) is 0 Å². The Balaban J connectivity index is 2.13. The molecular formula is C18H14F3N5. The standard InChI is InChI=1S/C18H14F3N5/c1-11-10-14(25-9-8-22-12(25)2)26-17(23-11)15(13-6-4-3-5-7-13)16(24-26)18(19,20)21/h3-10H,1-2H3. The second kappa shape index (κ2) is 5.69. The van der Waals surface area contributed by atoms with Gasteiger partial charge in [-0.2, -0.15) is 22.8 Å². The zero-order chi connectivity index (χ0) is 18.5. The van der Waals surface area contributed by atoms with E-state index in [1.54, 1.807) is 67.2 Å². The molecule has 0 aliphatic carbocycles. The highest BCUT2D eigenvalue weighted by Gasteiger charge is 2.39. The molecule has 3 heterocycles. The molecule has 5 nitrogen and oxygen atoms in total. The highest BCUT2D eigenvalue weighted by molar-refractivity contribution is 5.81. The predicted molar refractivity (Wildman–Crippen MR) is 90.0 cm³/mol. The van der Waals surface area contributed by atoms with Gasteiger partial charge in [-0.1, -0.05) is 30.3 Å². The maximum atomic E-state index is 13.7. The number of nitrogens with zero attached hydrogens (tertiary/aromatic N) is 5. The van der Waals surface area contributed by atoms with E-state index < -0.39 is 11.9 Å². The van der Waals surface area contributed by atoms with Crippen molar-refractivity contribution in [3.8, 4) is 16.9 Å². The molecule has 1 aromatic carbocycles.